The van der Waals surface area contributed by atoms with Crippen molar-refractivity contribution in [1.29, 1.82) is 0 Å². The molecule has 2 aliphatic heterocycles. The van der Waals surface area contributed by atoms with Crippen LogP contribution in [0.15, 0.2) is 0 Å². The Morgan fingerprint density at radius 2 is 1.32 bits per heavy atom. The van der Waals surface area contributed by atoms with Crippen LogP contribution in [0.3, 0.4) is 0 Å². The third-order valence-electron chi connectivity index (χ3n) is 9.66. The van der Waals surface area contributed by atoms with Crippen molar-refractivity contribution < 1.29 is 54.4 Å². The van der Waals surface area contributed by atoms with Crippen LogP contribution in [0.5, 0.6) is 0 Å². The molecule has 0 aromatic carbocycles. The number of hydrogen-bond acceptors (Lipinski definition) is 11. The first-order valence-corrected chi connectivity index (χ1v) is 15.6. The molecular formula is C29H51NO11. The Hall–Kier alpha value is -0.930. The molecule has 4 fully saturated rings. The lowest BCUT2D eigenvalue weighted by Gasteiger charge is -2.46. The second-order valence-corrected chi connectivity index (χ2v) is 12.4. The maximum absolute atomic E-state index is 13.4. The minimum Gasteiger partial charge on any atom is -0.394 e. The van der Waals surface area contributed by atoms with Gasteiger partial charge in [-0.2, -0.15) is 0 Å². The summed E-state index contributed by atoms with van der Waals surface area (Å²) in [5.41, 5.74) is 0. The smallest absolute Gasteiger partial charge is 0.223 e. The van der Waals surface area contributed by atoms with Crippen LogP contribution in [0.4, 0.5) is 0 Å². The number of nitrogens with one attached hydrogen (secondary N) is 1. The van der Waals surface area contributed by atoms with Gasteiger partial charge in [-0.05, 0) is 37.5 Å². The number of carbonyl (C=O) groups is 1. The highest BCUT2D eigenvalue weighted by atomic mass is 16.7. The van der Waals surface area contributed by atoms with Crippen LogP contribution in [-0.2, 0) is 23.7 Å². The van der Waals surface area contributed by atoms with Crippen molar-refractivity contribution >= 4 is 5.91 Å². The van der Waals surface area contributed by atoms with Crippen LogP contribution in [0, 0.1) is 23.7 Å². The average molecular weight is 590 g/mol. The van der Waals surface area contributed by atoms with Crippen molar-refractivity contribution in [3.8, 4) is 0 Å². The number of aliphatic hydroxyl groups is 6. The van der Waals surface area contributed by atoms with E-state index in [0.29, 0.717) is 11.8 Å². The molecule has 0 aromatic rings. The monoisotopic (exact) mass is 589 g/mol. The van der Waals surface area contributed by atoms with Crippen molar-refractivity contribution in [2.24, 2.45) is 23.7 Å². The zero-order chi connectivity index (χ0) is 29.5. The molecule has 12 heteroatoms. The topological polar surface area (TPSA) is 187 Å². The van der Waals surface area contributed by atoms with Crippen LogP contribution >= 0.6 is 0 Å². The summed E-state index contributed by atoms with van der Waals surface area (Å²) in [7, 11) is 0. The molecule has 2 saturated carbocycles. The Morgan fingerprint density at radius 1 is 0.780 bits per heavy atom. The molecular weight excluding hydrogens is 538 g/mol. The van der Waals surface area contributed by atoms with E-state index in [4.69, 9.17) is 18.9 Å². The van der Waals surface area contributed by atoms with Crippen LogP contribution in [-0.4, -0.2) is 118 Å². The Balaban J connectivity index is 1.28. The molecule has 4 rings (SSSR count). The van der Waals surface area contributed by atoms with Gasteiger partial charge in [-0.1, -0.05) is 45.4 Å². The van der Waals surface area contributed by atoms with Gasteiger partial charge in [-0.3, -0.25) is 4.79 Å². The average Bonchev–Trinajstić information content (AvgIpc) is 2.99. The van der Waals surface area contributed by atoms with Crippen molar-refractivity contribution in [1.82, 2.24) is 5.32 Å². The van der Waals surface area contributed by atoms with Gasteiger partial charge in [0.15, 0.2) is 12.6 Å². The molecule has 0 radical (unpaired) electrons. The van der Waals surface area contributed by atoms with Gasteiger partial charge in [-0.15, -0.1) is 0 Å². The van der Waals surface area contributed by atoms with Crippen molar-refractivity contribution in [2.75, 3.05) is 26.4 Å². The van der Waals surface area contributed by atoms with E-state index in [0.717, 1.165) is 25.7 Å². The molecule has 2 heterocycles. The number of amides is 1. The summed E-state index contributed by atoms with van der Waals surface area (Å²) >= 11 is 0. The van der Waals surface area contributed by atoms with E-state index in [1.54, 1.807) is 6.92 Å². The molecule has 41 heavy (non-hydrogen) atoms. The molecule has 0 bridgehead atoms. The molecule has 2 saturated heterocycles. The third-order valence-corrected chi connectivity index (χ3v) is 9.66. The first kappa shape index (κ1) is 33.0. The normalized spacial score (nSPS) is 39.6. The van der Waals surface area contributed by atoms with Crippen molar-refractivity contribution in [3.05, 3.63) is 0 Å². The first-order chi connectivity index (χ1) is 19.8. The fourth-order valence-electron chi connectivity index (χ4n) is 7.17. The highest BCUT2D eigenvalue weighted by Gasteiger charge is 2.50. The number of ether oxygens (including phenoxy) is 4. The maximum atomic E-state index is 13.4. The third kappa shape index (κ3) is 7.97. The quantitative estimate of drug-likeness (QED) is 0.158. The predicted octanol–water partition coefficient (Wildman–Crippen LogP) is -0.205. The fraction of sp³-hybridized carbons (Fsp3) is 0.966. The highest BCUT2D eigenvalue weighted by molar-refractivity contribution is 5.79. The molecule has 2 aliphatic carbocycles. The summed E-state index contributed by atoms with van der Waals surface area (Å²) in [6.45, 7) is 0.830. The molecule has 0 spiro atoms. The Bertz CT molecular complexity index is 771. The van der Waals surface area contributed by atoms with E-state index in [1.807, 2.05) is 0 Å². The number of carbonyl (C=O) groups excluding carboxylic acids is 1. The van der Waals surface area contributed by atoms with Crippen molar-refractivity contribution in [3.63, 3.8) is 0 Å². The number of hydrogen-bond donors (Lipinski definition) is 7. The lowest BCUT2D eigenvalue weighted by Crippen LogP contribution is -2.63. The second kappa shape index (κ2) is 15.7. The Labute approximate surface area is 242 Å². The zero-order valence-electron chi connectivity index (χ0n) is 24.1. The maximum Gasteiger partial charge on any atom is 0.223 e. The molecule has 4 unspecified atom stereocenters. The minimum atomic E-state index is -1.58. The molecule has 238 valence electrons. The van der Waals surface area contributed by atoms with Gasteiger partial charge in [0.2, 0.25) is 5.91 Å². The molecule has 0 aromatic heterocycles. The fourth-order valence-corrected chi connectivity index (χ4v) is 7.17. The second-order valence-electron chi connectivity index (χ2n) is 12.4. The summed E-state index contributed by atoms with van der Waals surface area (Å²) in [5.74, 6) is 0.327. The standard InChI is InChI=1S/C29H51NO11/c1-16-19(14-31)39-29(24(35)22(16)33)41-26-20(15-32)40-28(25(36)23(26)34)38-13-12-30-27(37)21(17-8-4-2-5-9-17)18-10-6-3-7-11-18/h16-26,28-29,31-36H,2-15H2,1H3,(H,30,37)/t16-,19?,20?,22?,23?,24+,25+,26-,28-,29-/m0/s1. The molecule has 7 N–H and O–H groups in total. The van der Waals surface area contributed by atoms with Crippen LogP contribution in [0.1, 0.15) is 71.1 Å². The molecule has 12 nitrogen and oxygen atoms in total. The van der Waals surface area contributed by atoms with E-state index in [1.165, 1.54) is 38.5 Å². The van der Waals surface area contributed by atoms with Gasteiger partial charge < -0.3 is 54.9 Å². The molecule has 4 aliphatic rings. The summed E-state index contributed by atoms with van der Waals surface area (Å²) in [6, 6.07) is 0. The van der Waals surface area contributed by atoms with Crippen LogP contribution in [0.2, 0.25) is 0 Å². The van der Waals surface area contributed by atoms with E-state index in [2.05, 4.69) is 5.32 Å². The summed E-state index contributed by atoms with van der Waals surface area (Å²) < 4.78 is 22.6. The van der Waals surface area contributed by atoms with Crippen LogP contribution < -0.4 is 5.32 Å². The van der Waals surface area contributed by atoms with E-state index in [9.17, 15) is 35.4 Å². The van der Waals surface area contributed by atoms with E-state index < -0.39 is 74.4 Å². The van der Waals surface area contributed by atoms with Gasteiger partial charge >= 0.3 is 0 Å². The predicted molar refractivity (Wildman–Crippen MR) is 145 cm³/mol. The first-order valence-electron chi connectivity index (χ1n) is 15.6. The minimum absolute atomic E-state index is 0.00918. The van der Waals surface area contributed by atoms with Gasteiger partial charge in [0.05, 0.1) is 32.0 Å². The number of aliphatic hydroxyl groups excluding tert-OH is 6. The number of rotatable bonds is 11. The molecule has 10 atom stereocenters. The lowest BCUT2D eigenvalue weighted by atomic mass is 9.69. The largest absolute Gasteiger partial charge is 0.394 e. The lowest BCUT2D eigenvalue weighted by molar-refractivity contribution is -0.355. The summed E-state index contributed by atoms with van der Waals surface area (Å²) in [5, 5.41) is 64.7. The summed E-state index contributed by atoms with van der Waals surface area (Å²) in [4.78, 5) is 13.4. The Kier molecular flexibility index (Phi) is 12.6. The SMILES string of the molecule is C[C@H]1C(CO)O[C@@H](O[C@H]2C(CO)O[C@H](OCCNC(=O)C(C3CCCCC3)C3CCCCC3)[C@H](O)C2O)[C@H](O)C1O. The zero-order valence-corrected chi connectivity index (χ0v) is 24.1. The highest BCUT2D eigenvalue weighted by Crippen LogP contribution is 2.40. The van der Waals surface area contributed by atoms with E-state index >= 15 is 0 Å². The Morgan fingerprint density at radius 3 is 1.88 bits per heavy atom. The van der Waals surface area contributed by atoms with E-state index in [-0.39, 0.29) is 25.0 Å². The molecule has 1 amide bonds. The van der Waals surface area contributed by atoms with Gasteiger partial charge in [0.1, 0.15) is 30.5 Å². The van der Waals surface area contributed by atoms with Gasteiger partial charge in [0.25, 0.3) is 0 Å². The summed E-state index contributed by atoms with van der Waals surface area (Å²) in [6.07, 6.45) is -0.344. The van der Waals surface area contributed by atoms with Gasteiger partial charge in [-0.25, -0.2) is 0 Å². The van der Waals surface area contributed by atoms with Gasteiger partial charge in [0, 0.05) is 18.4 Å². The van der Waals surface area contributed by atoms with Crippen molar-refractivity contribution in [2.45, 2.75) is 126 Å². The van der Waals surface area contributed by atoms with Crippen LogP contribution in [0.25, 0.3) is 0 Å².